The number of para-hydroxylation sites is 1. The van der Waals surface area contributed by atoms with Gasteiger partial charge in [-0.2, -0.15) is 0 Å². The molecule has 0 unspecified atom stereocenters. The third-order valence-corrected chi connectivity index (χ3v) is 6.27. The summed E-state index contributed by atoms with van der Waals surface area (Å²) in [5, 5.41) is 4.16. The Morgan fingerprint density at radius 2 is 1.50 bits per heavy atom. The van der Waals surface area contributed by atoms with Gasteiger partial charge in [0.2, 0.25) is 0 Å². The van der Waals surface area contributed by atoms with Crippen LogP contribution in [-0.2, 0) is 0 Å². The van der Waals surface area contributed by atoms with Crippen molar-refractivity contribution in [1.82, 2.24) is 9.88 Å². The van der Waals surface area contributed by atoms with Crippen LogP contribution < -0.4 is 5.32 Å². The maximum absolute atomic E-state index is 13.0. The zero-order chi connectivity index (χ0) is 21.9. The molecule has 1 aromatic heterocycles. The van der Waals surface area contributed by atoms with Gasteiger partial charge in [0.05, 0.1) is 0 Å². The van der Waals surface area contributed by atoms with Crippen LogP contribution in [0.15, 0.2) is 85.1 Å². The van der Waals surface area contributed by atoms with Crippen molar-refractivity contribution in [3.05, 3.63) is 102 Å². The van der Waals surface area contributed by atoms with E-state index in [4.69, 9.17) is 0 Å². The van der Waals surface area contributed by atoms with Gasteiger partial charge in [0, 0.05) is 47.0 Å². The van der Waals surface area contributed by atoms with Gasteiger partial charge in [-0.25, -0.2) is 0 Å². The van der Waals surface area contributed by atoms with Gasteiger partial charge in [-0.05, 0) is 66.8 Å². The summed E-state index contributed by atoms with van der Waals surface area (Å²) in [5.74, 6) is 0.345. The third kappa shape index (κ3) is 4.02. The molecule has 0 spiro atoms. The smallest absolute Gasteiger partial charge is 0.255 e. The van der Waals surface area contributed by atoms with Crippen LogP contribution in [0.1, 0.15) is 45.0 Å². The standard InChI is InChI=1S/C27H25N3O2/c31-26(20-6-2-1-3-7-20)29-22-12-10-21(11-13-22)27(32)30-16-14-19(15-17-30)24-18-28-25-9-5-4-8-23(24)25/h1-13,18-19,28H,14-17H2,(H,29,31). The number of rotatable bonds is 4. The minimum absolute atomic E-state index is 0.0447. The van der Waals surface area contributed by atoms with E-state index in [0.717, 1.165) is 25.9 Å². The normalized spacial score (nSPS) is 14.4. The lowest BCUT2D eigenvalue weighted by Crippen LogP contribution is -2.37. The second kappa shape index (κ2) is 8.71. The number of hydrogen-bond acceptors (Lipinski definition) is 2. The van der Waals surface area contributed by atoms with Gasteiger partial charge in [0.1, 0.15) is 0 Å². The lowest BCUT2D eigenvalue weighted by Gasteiger charge is -2.32. The molecule has 0 radical (unpaired) electrons. The summed E-state index contributed by atoms with van der Waals surface area (Å²) in [6.45, 7) is 1.49. The average Bonchev–Trinajstić information content (AvgIpc) is 3.29. The number of nitrogens with zero attached hydrogens (tertiary/aromatic N) is 1. The molecule has 1 fully saturated rings. The molecular weight excluding hydrogens is 398 g/mol. The Balaban J connectivity index is 1.20. The minimum Gasteiger partial charge on any atom is -0.361 e. The maximum atomic E-state index is 13.0. The van der Waals surface area contributed by atoms with E-state index in [-0.39, 0.29) is 11.8 Å². The number of amides is 2. The number of H-pyrrole nitrogens is 1. The van der Waals surface area contributed by atoms with E-state index in [9.17, 15) is 9.59 Å². The highest BCUT2D eigenvalue weighted by molar-refractivity contribution is 6.04. The van der Waals surface area contributed by atoms with Crippen LogP contribution in [0.2, 0.25) is 0 Å². The molecule has 1 saturated heterocycles. The van der Waals surface area contributed by atoms with Crippen LogP contribution in [0, 0.1) is 0 Å². The van der Waals surface area contributed by atoms with E-state index in [0.29, 0.717) is 22.7 Å². The van der Waals surface area contributed by atoms with Gasteiger partial charge < -0.3 is 15.2 Å². The molecular formula is C27H25N3O2. The first-order chi connectivity index (χ1) is 15.7. The third-order valence-electron chi connectivity index (χ3n) is 6.27. The van der Waals surface area contributed by atoms with E-state index in [1.807, 2.05) is 29.2 Å². The van der Waals surface area contributed by atoms with Crippen molar-refractivity contribution < 1.29 is 9.59 Å². The van der Waals surface area contributed by atoms with E-state index >= 15 is 0 Å². The first-order valence-electron chi connectivity index (χ1n) is 11.0. The average molecular weight is 424 g/mol. The van der Waals surface area contributed by atoms with Crippen LogP contribution in [0.4, 0.5) is 5.69 Å². The molecule has 32 heavy (non-hydrogen) atoms. The Hall–Kier alpha value is -3.86. The monoisotopic (exact) mass is 423 g/mol. The number of nitrogens with one attached hydrogen (secondary N) is 2. The zero-order valence-electron chi connectivity index (χ0n) is 17.8. The fourth-order valence-electron chi connectivity index (χ4n) is 4.50. The van der Waals surface area contributed by atoms with Gasteiger partial charge in [0.25, 0.3) is 11.8 Å². The van der Waals surface area contributed by atoms with Crippen molar-refractivity contribution in [2.75, 3.05) is 18.4 Å². The highest BCUT2D eigenvalue weighted by Gasteiger charge is 2.26. The number of benzene rings is 3. The summed E-state index contributed by atoms with van der Waals surface area (Å²) in [7, 11) is 0. The van der Waals surface area contributed by atoms with Crippen molar-refractivity contribution in [2.24, 2.45) is 0 Å². The van der Waals surface area contributed by atoms with Crippen LogP contribution in [0.5, 0.6) is 0 Å². The van der Waals surface area contributed by atoms with Crippen molar-refractivity contribution >= 4 is 28.4 Å². The van der Waals surface area contributed by atoms with Crippen molar-refractivity contribution in [1.29, 1.82) is 0 Å². The van der Waals surface area contributed by atoms with Gasteiger partial charge in [-0.3, -0.25) is 9.59 Å². The summed E-state index contributed by atoms with van der Waals surface area (Å²) < 4.78 is 0. The molecule has 160 valence electrons. The zero-order valence-corrected chi connectivity index (χ0v) is 17.8. The molecule has 0 saturated carbocycles. The largest absolute Gasteiger partial charge is 0.361 e. The van der Waals surface area contributed by atoms with Crippen molar-refractivity contribution in [3.63, 3.8) is 0 Å². The summed E-state index contributed by atoms with van der Waals surface area (Å²) in [6, 6.07) is 24.6. The van der Waals surface area contributed by atoms with Crippen LogP contribution in [-0.4, -0.2) is 34.8 Å². The number of fused-ring (bicyclic) bond motifs is 1. The number of carbonyl (C=O) groups excluding carboxylic acids is 2. The van der Waals surface area contributed by atoms with Crippen LogP contribution in [0.25, 0.3) is 10.9 Å². The maximum Gasteiger partial charge on any atom is 0.255 e. The van der Waals surface area contributed by atoms with Crippen molar-refractivity contribution in [2.45, 2.75) is 18.8 Å². The Morgan fingerprint density at radius 3 is 2.25 bits per heavy atom. The number of hydrogen-bond donors (Lipinski definition) is 2. The van der Waals surface area contributed by atoms with Gasteiger partial charge in [-0.15, -0.1) is 0 Å². The molecule has 5 heteroatoms. The molecule has 0 atom stereocenters. The quantitative estimate of drug-likeness (QED) is 0.459. The Bertz CT molecular complexity index is 1240. The van der Waals surface area contributed by atoms with E-state index in [2.05, 4.69) is 34.7 Å². The SMILES string of the molecule is O=C(Nc1ccc(C(=O)N2CCC(c3c[nH]c4ccccc34)CC2)cc1)c1ccccc1. The predicted octanol–water partition coefficient (Wildman–Crippen LogP) is 5.44. The molecule has 5 nitrogen and oxygen atoms in total. The highest BCUT2D eigenvalue weighted by Crippen LogP contribution is 2.33. The van der Waals surface area contributed by atoms with E-state index < -0.39 is 0 Å². The summed E-state index contributed by atoms with van der Waals surface area (Å²) in [4.78, 5) is 30.6. The lowest BCUT2D eigenvalue weighted by molar-refractivity contribution is 0.0713. The van der Waals surface area contributed by atoms with Crippen LogP contribution in [0.3, 0.4) is 0 Å². The van der Waals surface area contributed by atoms with E-state index in [1.54, 1.807) is 36.4 Å². The Kier molecular flexibility index (Phi) is 5.46. The van der Waals surface area contributed by atoms with Gasteiger partial charge in [0.15, 0.2) is 0 Å². The second-order valence-electron chi connectivity index (χ2n) is 8.25. The second-order valence-corrected chi connectivity index (χ2v) is 8.25. The number of carbonyl (C=O) groups is 2. The number of anilines is 1. The topological polar surface area (TPSA) is 65.2 Å². The first-order valence-corrected chi connectivity index (χ1v) is 11.0. The number of aromatic amines is 1. The molecule has 1 aliphatic rings. The summed E-state index contributed by atoms with van der Waals surface area (Å²) in [6.07, 6.45) is 4.03. The molecule has 3 aromatic carbocycles. The van der Waals surface area contributed by atoms with E-state index in [1.165, 1.54) is 16.5 Å². The Labute approximate surface area is 187 Å². The molecule has 0 bridgehead atoms. The first kappa shape index (κ1) is 20.1. The molecule has 0 aliphatic carbocycles. The fourth-order valence-corrected chi connectivity index (χ4v) is 4.50. The summed E-state index contributed by atoms with van der Waals surface area (Å²) in [5.41, 5.74) is 4.44. The minimum atomic E-state index is -0.163. The molecule has 2 amide bonds. The molecule has 1 aliphatic heterocycles. The number of likely N-dealkylation sites (tertiary alicyclic amines) is 1. The summed E-state index contributed by atoms with van der Waals surface area (Å²) >= 11 is 0. The molecule has 4 aromatic rings. The van der Waals surface area contributed by atoms with Crippen LogP contribution >= 0.6 is 0 Å². The lowest BCUT2D eigenvalue weighted by atomic mass is 9.89. The molecule has 5 rings (SSSR count). The molecule has 2 heterocycles. The molecule has 2 N–H and O–H groups in total. The van der Waals surface area contributed by atoms with Gasteiger partial charge >= 0.3 is 0 Å². The predicted molar refractivity (Wildman–Crippen MR) is 127 cm³/mol. The highest BCUT2D eigenvalue weighted by atomic mass is 16.2. The number of aromatic nitrogens is 1. The van der Waals surface area contributed by atoms with Crippen molar-refractivity contribution in [3.8, 4) is 0 Å². The van der Waals surface area contributed by atoms with Gasteiger partial charge in [-0.1, -0.05) is 36.4 Å². The Morgan fingerprint density at radius 1 is 0.812 bits per heavy atom. The number of piperidine rings is 1. The fraction of sp³-hybridized carbons (Fsp3) is 0.185.